The van der Waals surface area contributed by atoms with Gasteiger partial charge in [0.1, 0.15) is 19.0 Å². The molecule has 4 nitrogen and oxygen atoms in total. The molecule has 0 bridgehead atoms. The van der Waals surface area contributed by atoms with Gasteiger partial charge in [-0.25, -0.2) is 0 Å². The summed E-state index contributed by atoms with van der Waals surface area (Å²) >= 11 is 5.99. The molecule has 0 amide bonds. The van der Waals surface area contributed by atoms with Gasteiger partial charge < -0.3 is 15.2 Å². The maximum atomic E-state index is 5.99. The minimum absolute atomic E-state index is 0.384. The molecule has 5 heteroatoms. The predicted octanol–water partition coefficient (Wildman–Crippen LogP) is 1.40. The van der Waals surface area contributed by atoms with E-state index in [9.17, 15) is 0 Å². The average Bonchev–Trinajstić information content (AvgIpc) is 2.15. The Hall–Kier alpha value is -1.16. The molecule has 0 radical (unpaired) electrons. The van der Waals surface area contributed by atoms with Gasteiger partial charge in [-0.05, 0) is 6.92 Å². The number of aromatic nitrogens is 1. The van der Waals surface area contributed by atoms with Gasteiger partial charge >= 0.3 is 0 Å². The van der Waals surface area contributed by atoms with Crippen LogP contribution in [0, 0.1) is 6.92 Å². The van der Waals surface area contributed by atoms with Crippen LogP contribution >= 0.6 is 11.6 Å². The Kier molecular flexibility index (Phi) is 1.92. The quantitative estimate of drug-likeness (QED) is 0.688. The second kappa shape index (κ2) is 2.96. The van der Waals surface area contributed by atoms with Gasteiger partial charge in [0.2, 0.25) is 5.75 Å². The molecule has 0 aliphatic carbocycles. The normalized spacial score (nSPS) is 14.3. The molecule has 2 N–H and O–H groups in total. The van der Waals surface area contributed by atoms with Crippen molar-refractivity contribution >= 4 is 17.4 Å². The van der Waals surface area contributed by atoms with E-state index in [1.165, 1.54) is 0 Å². The van der Waals surface area contributed by atoms with Crippen molar-refractivity contribution in [2.75, 3.05) is 18.9 Å². The number of pyridine rings is 1. The highest BCUT2D eigenvalue weighted by atomic mass is 35.5. The Bertz CT molecular complexity index is 354. The van der Waals surface area contributed by atoms with Gasteiger partial charge in [0, 0.05) is 5.56 Å². The number of nitrogens with zero attached hydrogens (tertiary/aromatic N) is 1. The van der Waals surface area contributed by atoms with E-state index in [4.69, 9.17) is 26.8 Å². The molecule has 13 heavy (non-hydrogen) atoms. The maximum absolute atomic E-state index is 5.99. The number of nitrogens with two attached hydrogens (primary N) is 1. The first-order chi connectivity index (χ1) is 6.20. The molecule has 2 rings (SSSR count). The number of halogens is 1. The van der Waals surface area contributed by atoms with Crippen LogP contribution in [0.25, 0.3) is 0 Å². The van der Waals surface area contributed by atoms with Crippen molar-refractivity contribution in [3.63, 3.8) is 0 Å². The fraction of sp³-hybridized carbons (Fsp3) is 0.375. The van der Waals surface area contributed by atoms with Crippen LogP contribution in [0.2, 0.25) is 5.02 Å². The summed E-state index contributed by atoms with van der Waals surface area (Å²) in [4.78, 5) is 4.02. The van der Waals surface area contributed by atoms with Crippen LogP contribution in [0.15, 0.2) is 0 Å². The fourth-order valence-electron chi connectivity index (χ4n) is 1.13. The molecule has 2 heterocycles. The van der Waals surface area contributed by atoms with Crippen LogP contribution in [-0.4, -0.2) is 18.2 Å². The lowest BCUT2D eigenvalue weighted by molar-refractivity contribution is 0.164. The molecule has 0 spiro atoms. The van der Waals surface area contributed by atoms with Crippen LogP contribution in [0.4, 0.5) is 5.82 Å². The first-order valence-electron chi connectivity index (χ1n) is 3.91. The minimum Gasteiger partial charge on any atom is -0.483 e. The smallest absolute Gasteiger partial charge is 0.260 e. The molecular weight excluding hydrogens is 192 g/mol. The van der Waals surface area contributed by atoms with Gasteiger partial charge in [-0.2, -0.15) is 4.98 Å². The third kappa shape index (κ3) is 1.27. The number of fused-ring (bicyclic) bond motifs is 1. The largest absolute Gasteiger partial charge is 0.483 e. The lowest BCUT2D eigenvalue weighted by Gasteiger charge is -2.19. The lowest BCUT2D eigenvalue weighted by Crippen LogP contribution is -2.17. The maximum Gasteiger partial charge on any atom is 0.260 e. The minimum atomic E-state index is 0.384. The van der Waals surface area contributed by atoms with Crippen LogP contribution < -0.4 is 15.2 Å². The summed E-state index contributed by atoms with van der Waals surface area (Å²) in [5, 5.41) is 0.488. The molecule has 70 valence electrons. The zero-order valence-electron chi connectivity index (χ0n) is 7.13. The number of hydrogen-bond acceptors (Lipinski definition) is 4. The first kappa shape index (κ1) is 8.44. The van der Waals surface area contributed by atoms with Crippen molar-refractivity contribution in [2.45, 2.75) is 6.92 Å². The Morgan fingerprint density at radius 1 is 1.38 bits per heavy atom. The zero-order valence-corrected chi connectivity index (χ0v) is 7.89. The molecule has 0 saturated heterocycles. The number of rotatable bonds is 0. The highest BCUT2D eigenvalue weighted by Gasteiger charge is 2.20. The van der Waals surface area contributed by atoms with Crippen molar-refractivity contribution in [3.05, 3.63) is 10.6 Å². The van der Waals surface area contributed by atoms with E-state index in [1.54, 1.807) is 6.92 Å². The summed E-state index contributed by atoms with van der Waals surface area (Å²) in [6.07, 6.45) is 0. The van der Waals surface area contributed by atoms with Crippen molar-refractivity contribution in [1.29, 1.82) is 0 Å². The number of ether oxygens (including phenoxy) is 2. The van der Waals surface area contributed by atoms with Crippen LogP contribution in [0.3, 0.4) is 0 Å². The number of hydrogen-bond donors (Lipinski definition) is 1. The summed E-state index contributed by atoms with van der Waals surface area (Å²) in [7, 11) is 0. The summed E-state index contributed by atoms with van der Waals surface area (Å²) in [6.45, 7) is 2.78. The van der Waals surface area contributed by atoms with E-state index in [0.29, 0.717) is 35.7 Å². The van der Waals surface area contributed by atoms with E-state index in [1.807, 2.05) is 0 Å². The summed E-state index contributed by atoms with van der Waals surface area (Å²) in [6, 6.07) is 0. The molecule has 0 unspecified atom stereocenters. The highest BCUT2D eigenvalue weighted by Crippen LogP contribution is 2.39. The summed E-state index contributed by atoms with van der Waals surface area (Å²) < 4.78 is 10.6. The van der Waals surface area contributed by atoms with Crippen molar-refractivity contribution in [3.8, 4) is 11.6 Å². The fourth-order valence-corrected chi connectivity index (χ4v) is 1.36. The van der Waals surface area contributed by atoms with Crippen LogP contribution in [0.1, 0.15) is 5.56 Å². The van der Waals surface area contributed by atoms with E-state index in [0.717, 1.165) is 5.56 Å². The predicted molar refractivity (Wildman–Crippen MR) is 49.4 cm³/mol. The number of nitrogen functional groups attached to an aromatic ring is 1. The second-order valence-corrected chi connectivity index (χ2v) is 3.15. The SMILES string of the molecule is Cc1c(N)nc2c(c1Cl)OCCO2. The van der Waals surface area contributed by atoms with E-state index in [2.05, 4.69) is 4.98 Å². The third-order valence-electron chi connectivity index (χ3n) is 1.90. The van der Waals surface area contributed by atoms with Gasteiger partial charge in [-0.1, -0.05) is 11.6 Å². The molecule has 1 aromatic rings. The molecule has 1 aliphatic heterocycles. The topological polar surface area (TPSA) is 57.4 Å². The molecule has 0 aromatic carbocycles. The standard InChI is InChI=1S/C8H9ClN2O2/c1-4-5(9)6-8(11-7(4)10)13-3-2-12-6/h2-3H2,1H3,(H2,10,11). The first-order valence-corrected chi connectivity index (χ1v) is 4.29. The molecule has 1 aliphatic rings. The zero-order chi connectivity index (χ0) is 9.42. The monoisotopic (exact) mass is 200 g/mol. The Labute approximate surface area is 80.6 Å². The van der Waals surface area contributed by atoms with Gasteiger partial charge in [0.25, 0.3) is 5.88 Å². The average molecular weight is 201 g/mol. The Balaban J connectivity index is 2.60. The Morgan fingerprint density at radius 3 is 2.85 bits per heavy atom. The summed E-state index contributed by atoms with van der Waals surface area (Å²) in [5.41, 5.74) is 6.34. The molecule has 1 aromatic heterocycles. The Morgan fingerprint density at radius 2 is 2.08 bits per heavy atom. The van der Waals surface area contributed by atoms with Gasteiger partial charge in [0.05, 0.1) is 5.02 Å². The van der Waals surface area contributed by atoms with Gasteiger partial charge in [0.15, 0.2) is 0 Å². The molecule has 0 saturated carbocycles. The van der Waals surface area contributed by atoms with Crippen LogP contribution in [-0.2, 0) is 0 Å². The number of anilines is 1. The lowest BCUT2D eigenvalue weighted by atomic mass is 10.2. The van der Waals surface area contributed by atoms with E-state index in [-0.39, 0.29) is 0 Å². The van der Waals surface area contributed by atoms with Gasteiger partial charge in [-0.3, -0.25) is 0 Å². The van der Waals surface area contributed by atoms with Crippen LogP contribution in [0.5, 0.6) is 11.6 Å². The van der Waals surface area contributed by atoms with Crippen molar-refractivity contribution in [2.24, 2.45) is 0 Å². The van der Waals surface area contributed by atoms with Crippen molar-refractivity contribution < 1.29 is 9.47 Å². The molecule has 0 fully saturated rings. The molecular formula is C8H9ClN2O2. The van der Waals surface area contributed by atoms with Crippen molar-refractivity contribution in [1.82, 2.24) is 4.98 Å². The van der Waals surface area contributed by atoms with Gasteiger partial charge in [-0.15, -0.1) is 0 Å². The third-order valence-corrected chi connectivity index (χ3v) is 2.35. The highest BCUT2D eigenvalue weighted by molar-refractivity contribution is 6.33. The summed E-state index contributed by atoms with van der Waals surface area (Å²) in [5.74, 6) is 1.27. The van der Waals surface area contributed by atoms with E-state index >= 15 is 0 Å². The molecule has 0 atom stereocenters. The second-order valence-electron chi connectivity index (χ2n) is 2.77. The van der Waals surface area contributed by atoms with E-state index < -0.39 is 0 Å².